The van der Waals surface area contributed by atoms with Gasteiger partial charge in [-0.05, 0) is 0 Å². The summed E-state index contributed by atoms with van der Waals surface area (Å²) in [6.45, 7) is 1.66. The molecule has 2 amide bonds. The fraction of sp³-hybridized carbons (Fsp3) is 0.500. The summed E-state index contributed by atoms with van der Waals surface area (Å²) >= 11 is 0. The van der Waals surface area contributed by atoms with Gasteiger partial charge in [0, 0.05) is 33.8 Å². The predicted molar refractivity (Wildman–Crippen MR) is 74.8 cm³/mol. The van der Waals surface area contributed by atoms with E-state index < -0.39 is 17.9 Å². The van der Waals surface area contributed by atoms with Gasteiger partial charge in [-0.25, -0.2) is 14.8 Å². The van der Waals surface area contributed by atoms with Crippen LogP contribution in [0.2, 0.25) is 0 Å². The zero-order valence-electron chi connectivity index (χ0n) is 12.0. The van der Waals surface area contributed by atoms with Crippen LogP contribution >= 0.6 is 0 Å². The maximum atomic E-state index is 11.9. The second kappa shape index (κ2) is 6.69. The van der Waals surface area contributed by atoms with Gasteiger partial charge in [0.15, 0.2) is 0 Å². The number of rotatable bonds is 5. The number of carboxylic acids is 1. The molecular formula is C12H19N5O3. The first-order chi connectivity index (χ1) is 9.31. The average molecular weight is 281 g/mol. The summed E-state index contributed by atoms with van der Waals surface area (Å²) in [5.41, 5.74) is 0. The lowest BCUT2D eigenvalue weighted by molar-refractivity contribution is -0.141. The maximum Gasteiger partial charge on any atom is 0.322 e. The molecule has 8 heteroatoms. The zero-order valence-corrected chi connectivity index (χ0v) is 12.0. The van der Waals surface area contributed by atoms with Crippen molar-refractivity contribution in [2.24, 2.45) is 5.92 Å². The minimum absolute atomic E-state index is 0.118. The van der Waals surface area contributed by atoms with Gasteiger partial charge in [0.1, 0.15) is 18.0 Å². The van der Waals surface area contributed by atoms with Gasteiger partial charge in [0.2, 0.25) is 0 Å². The first-order valence-corrected chi connectivity index (χ1v) is 6.05. The highest BCUT2D eigenvalue weighted by atomic mass is 16.4. The van der Waals surface area contributed by atoms with E-state index in [1.165, 1.54) is 18.3 Å². The van der Waals surface area contributed by atoms with E-state index in [1.807, 2.05) is 14.1 Å². The molecule has 1 aromatic heterocycles. The van der Waals surface area contributed by atoms with Crippen molar-refractivity contribution in [3.05, 3.63) is 12.4 Å². The number of anilines is 2. The lowest BCUT2D eigenvalue weighted by Gasteiger charge is -2.20. The standard InChI is InChI=1S/C12H19N5O3/c1-8(11(18)19)6-17(4)12(20)15-9-5-10(16(2)3)14-7-13-9/h5,7-8H,6H2,1-4H3,(H,18,19)(H,13,14,15,20). The molecule has 1 unspecified atom stereocenters. The number of nitrogens with one attached hydrogen (secondary N) is 1. The zero-order chi connectivity index (χ0) is 15.3. The van der Waals surface area contributed by atoms with Crippen LogP contribution in [-0.2, 0) is 4.79 Å². The van der Waals surface area contributed by atoms with Crippen molar-refractivity contribution < 1.29 is 14.7 Å². The molecule has 0 aliphatic carbocycles. The molecule has 8 nitrogen and oxygen atoms in total. The van der Waals surface area contributed by atoms with Crippen LogP contribution < -0.4 is 10.2 Å². The van der Waals surface area contributed by atoms with Crippen LogP contribution in [0.1, 0.15) is 6.92 Å². The van der Waals surface area contributed by atoms with Gasteiger partial charge in [0.05, 0.1) is 5.92 Å². The Bertz CT molecular complexity index is 492. The summed E-state index contributed by atoms with van der Waals surface area (Å²) < 4.78 is 0. The highest BCUT2D eigenvalue weighted by molar-refractivity contribution is 5.88. The van der Waals surface area contributed by atoms with Crippen LogP contribution in [0, 0.1) is 5.92 Å². The van der Waals surface area contributed by atoms with Crippen LogP contribution in [0.3, 0.4) is 0 Å². The minimum atomic E-state index is -0.943. The van der Waals surface area contributed by atoms with Crippen molar-refractivity contribution in [2.75, 3.05) is 37.9 Å². The first kappa shape index (κ1) is 15.7. The third-order valence-electron chi connectivity index (χ3n) is 2.66. The molecule has 20 heavy (non-hydrogen) atoms. The van der Waals surface area contributed by atoms with E-state index in [1.54, 1.807) is 17.9 Å². The molecule has 110 valence electrons. The predicted octanol–water partition coefficient (Wildman–Crippen LogP) is 0.727. The van der Waals surface area contributed by atoms with Gasteiger partial charge in [-0.3, -0.25) is 10.1 Å². The van der Waals surface area contributed by atoms with Crippen LogP contribution in [0.25, 0.3) is 0 Å². The summed E-state index contributed by atoms with van der Waals surface area (Å²) in [4.78, 5) is 33.7. The molecule has 0 bridgehead atoms. The van der Waals surface area contributed by atoms with Gasteiger partial charge >= 0.3 is 12.0 Å². The van der Waals surface area contributed by atoms with E-state index in [0.717, 1.165) is 0 Å². The molecule has 2 N–H and O–H groups in total. The van der Waals surface area contributed by atoms with Crippen molar-refractivity contribution in [1.29, 1.82) is 0 Å². The molecule has 0 aliphatic rings. The van der Waals surface area contributed by atoms with E-state index in [9.17, 15) is 9.59 Å². The number of carbonyl (C=O) groups is 2. The van der Waals surface area contributed by atoms with Crippen molar-refractivity contribution in [3.63, 3.8) is 0 Å². The Kier molecular flexibility index (Phi) is 5.24. The Morgan fingerprint density at radius 3 is 2.55 bits per heavy atom. The Labute approximate surface area is 117 Å². The van der Waals surface area contributed by atoms with Crippen molar-refractivity contribution in [2.45, 2.75) is 6.92 Å². The summed E-state index contributed by atoms with van der Waals surface area (Å²) in [7, 11) is 5.19. The number of hydrogen-bond acceptors (Lipinski definition) is 5. The molecule has 1 rings (SSSR count). The lowest BCUT2D eigenvalue weighted by atomic mass is 10.2. The van der Waals surface area contributed by atoms with Gasteiger partial charge in [-0.2, -0.15) is 0 Å². The van der Waals surface area contributed by atoms with Crippen LogP contribution in [0.4, 0.5) is 16.4 Å². The highest BCUT2D eigenvalue weighted by Gasteiger charge is 2.17. The van der Waals surface area contributed by atoms with Crippen molar-refractivity contribution in [1.82, 2.24) is 14.9 Å². The maximum absolute atomic E-state index is 11.9. The molecule has 1 atom stereocenters. The topological polar surface area (TPSA) is 98.7 Å². The number of carbonyl (C=O) groups excluding carboxylic acids is 1. The number of aromatic nitrogens is 2. The van der Waals surface area contributed by atoms with Gasteiger partial charge in [-0.15, -0.1) is 0 Å². The average Bonchev–Trinajstić information content (AvgIpc) is 2.38. The Morgan fingerprint density at radius 2 is 2.00 bits per heavy atom. The number of carboxylic acid groups (broad SMARTS) is 1. The third-order valence-corrected chi connectivity index (χ3v) is 2.66. The molecule has 0 spiro atoms. The number of nitrogens with zero attached hydrogens (tertiary/aromatic N) is 4. The highest BCUT2D eigenvalue weighted by Crippen LogP contribution is 2.11. The second-order valence-electron chi connectivity index (χ2n) is 4.71. The lowest BCUT2D eigenvalue weighted by Crippen LogP contribution is -2.36. The molecule has 1 heterocycles. The Balaban J connectivity index is 2.66. The normalized spacial score (nSPS) is 11.6. The van der Waals surface area contributed by atoms with E-state index in [4.69, 9.17) is 5.11 Å². The monoisotopic (exact) mass is 281 g/mol. The summed E-state index contributed by atoms with van der Waals surface area (Å²) in [6.07, 6.45) is 1.35. The van der Waals surface area contributed by atoms with E-state index >= 15 is 0 Å². The summed E-state index contributed by atoms with van der Waals surface area (Å²) in [5.74, 6) is -0.546. The molecule has 0 saturated carbocycles. The van der Waals surface area contributed by atoms with Gasteiger partial charge < -0.3 is 14.9 Å². The molecule has 1 aromatic rings. The number of aliphatic carboxylic acids is 1. The largest absolute Gasteiger partial charge is 0.481 e. The number of urea groups is 1. The second-order valence-corrected chi connectivity index (χ2v) is 4.71. The van der Waals surface area contributed by atoms with Gasteiger partial charge in [0.25, 0.3) is 0 Å². The third kappa shape index (κ3) is 4.38. The fourth-order valence-electron chi connectivity index (χ4n) is 1.44. The number of hydrogen-bond donors (Lipinski definition) is 2. The quantitative estimate of drug-likeness (QED) is 0.825. The minimum Gasteiger partial charge on any atom is -0.481 e. The van der Waals surface area contributed by atoms with Crippen LogP contribution in [0.5, 0.6) is 0 Å². The van der Waals surface area contributed by atoms with E-state index in [0.29, 0.717) is 11.6 Å². The van der Waals surface area contributed by atoms with E-state index in [-0.39, 0.29) is 6.54 Å². The molecule has 0 saturated heterocycles. The van der Waals surface area contributed by atoms with Crippen molar-refractivity contribution >= 4 is 23.6 Å². The molecule has 0 radical (unpaired) electrons. The Morgan fingerprint density at radius 1 is 1.35 bits per heavy atom. The summed E-state index contributed by atoms with van der Waals surface area (Å²) in [6, 6.07) is 1.22. The van der Waals surface area contributed by atoms with Crippen LogP contribution in [0.15, 0.2) is 12.4 Å². The smallest absolute Gasteiger partial charge is 0.322 e. The Hall–Kier alpha value is -2.38. The van der Waals surface area contributed by atoms with E-state index in [2.05, 4.69) is 15.3 Å². The molecule has 0 aromatic carbocycles. The first-order valence-electron chi connectivity index (χ1n) is 6.05. The summed E-state index contributed by atoms with van der Waals surface area (Å²) in [5, 5.41) is 11.4. The van der Waals surface area contributed by atoms with Gasteiger partial charge in [-0.1, -0.05) is 6.92 Å². The van der Waals surface area contributed by atoms with Crippen molar-refractivity contribution in [3.8, 4) is 0 Å². The molecule has 0 aliphatic heterocycles. The van der Waals surface area contributed by atoms with Crippen LogP contribution in [-0.4, -0.2) is 59.7 Å². The molecule has 0 fully saturated rings. The fourth-order valence-corrected chi connectivity index (χ4v) is 1.44. The number of amides is 2. The SMILES string of the molecule is CC(CN(C)C(=O)Nc1cc(N(C)C)ncn1)C(=O)O. The molecular weight excluding hydrogens is 262 g/mol.